The summed E-state index contributed by atoms with van der Waals surface area (Å²) in [7, 11) is -3.68. The third kappa shape index (κ3) is 2.22. The molecule has 0 spiro atoms. The van der Waals surface area contributed by atoms with Gasteiger partial charge in [0, 0.05) is 0 Å². The van der Waals surface area contributed by atoms with Crippen molar-refractivity contribution in [2.24, 2.45) is 0 Å². The Balaban J connectivity index is 2.01. The molecule has 0 aromatic heterocycles. The van der Waals surface area contributed by atoms with Crippen LogP contribution in [0.2, 0.25) is 0 Å². The monoisotopic (exact) mass is 270 g/mol. The van der Waals surface area contributed by atoms with Crippen molar-refractivity contribution in [3.8, 4) is 0 Å². The SMILES string of the molecule is CC1(C)OC[C@@H](CC2(S(=O)(=O)OCl)CC2)O1. The van der Waals surface area contributed by atoms with Crippen LogP contribution in [0.3, 0.4) is 0 Å². The third-order valence-corrected chi connectivity index (χ3v) is 5.39. The molecule has 2 rings (SSSR count). The highest BCUT2D eigenvalue weighted by Crippen LogP contribution is 2.49. The van der Waals surface area contributed by atoms with Gasteiger partial charge < -0.3 is 9.47 Å². The van der Waals surface area contributed by atoms with Crippen LogP contribution in [0.15, 0.2) is 0 Å². The van der Waals surface area contributed by atoms with Crippen LogP contribution in [0.4, 0.5) is 0 Å². The molecular formula is C9H15ClO5S. The Kier molecular flexibility index (Phi) is 3.00. The summed E-state index contributed by atoms with van der Waals surface area (Å²) in [6, 6.07) is 0. The van der Waals surface area contributed by atoms with E-state index < -0.39 is 20.7 Å². The lowest BCUT2D eigenvalue weighted by atomic mass is 10.2. The molecule has 0 aromatic rings. The summed E-state index contributed by atoms with van der Waals surface area (Å²) in [4.78, 5) is 0. The quantitative estimate of drug-likeness (QED) is 0.776. The molecule has 1 saturated heterocycles. The first kappa shape index (κ1) is 12.6. The van der Waals surface area contributed by atoms with E-state index >= 15 is 0 Å². The van der Waals surface area contributed by atoms with E-state index in [0.717, 1.165) is 0 Å². The van der Waals surface area contributed by atoms with Crippen molar-refractivity contribution in [2.75, 3.05) is 6.61 Å². The summed E-state index contributed by atoms with van der Waals surface area (Å²) in [6.07, 6.45) is 1.31. The van der Waals surface area contributed by atoms with Crippen molar-refractivity contribution in [1.82, 2.24) is 0 Å². The van der Waals surface area contributed by atoms with E-state index in [1.54, 1.807) is 13.8 Å². The summed E-state index contributed by atoms with van der Waals surface area (Å²) in [5.41, 5.74) is 0. The maximum Gasteiger partial charge on any atom is 0.289 e. The van der Waals surface area contributed by atoms with E-state index in [4.69, 9.17) is 21.3 Å². The molecule has 0 aromatic carbocycles. The van der Waals surface area contributed by atoms with Crippen LogP contribution in [0.1, 0.15) is 33.1 Å². The zero-order valence-corrected chi connectivity index (χ0v) is 10.8. The van der Waals surface area contributed by atoms with Crippen molar-refractivity contribution in [1.29, 1.82) is 0 Å². The summed E-state index contributed by atoms with van der Waals surface area (Å²) in [5, 5.41) is 0. The van der Waals surface area contributed by atoms with Crippen molar-refractivity contribution in [2.45, 2.75) is 49.7 Å². The molecule has 1 aliphatic heterocycles. The summed E-state index contributed by atoms with van der Waals surface area (Å²) in [5.74, 6) is -0.633. The smallest absolute Gasteiger partial charge is 0.289 e. The molecule has 2 aliphatic rings. The topological polar surface area (TPSA) is 61.8 Å². The van der Waals surface area contributed by atoms with Gasteiger partial charge in [-0.3, -0.25) is 0 Å². The normalized spacial score (nSPS) is 31.6. The van der Waals surface area contributed by atoms with Crippen LogP contribution >= 0.6 is 11.9 Å². The first-order valence-corrected chi connectivity index (χ1v) is 6.89. The molecule has 1 atom stereocenters. The van der Waals surface area contributed by atoms with Crippen molar-refractivity contribution in [3.63, 3.8) is 0 Å². The number of rotatable bonds is 4. The standard InChI is InChI=1S/C9H15ClO5S/c1-8(2)13-6-7(14-8)5-9(3-4-9)16(11,12)15-10/h7H,3-6H2,1-2H3/t7-/m1/s1. The summed E-state index contributed by atoms with van der Waals surface area (Å²) >= 11 is 5.00. The van der Waals surface area contributed by atoms with Gasteiger partial charge in [-0.15, -0.1) is 0 Å². The van der Waals surface area contributed by atoms with Crippen LogP contribution in [-0.4, -0.2) is 31.7 Å². The molecule has 1 aliphatic carbocycles. The van der Waals surface area contributed by atoms with Crippen LogP contribution < -0.4 is 0 Å². The Morgan fingerprint density at radius 3 is 2.44 bits per heavy atom. The zero-order valence-electron chi connectivity index (χ0n) is 9.23. The van der Waals surface area contributed by atoms with Gasteiger partial charge in [0.25, 0.3) is 10.1 Å². The van der Waals surface area contributed by atoms with Gasteiger partial charge in [-0.25, -0.2) is 0 Å². The molecule has 0 radical (unpaired) electrons. The van der Waals surface area contributed by atoms with E-state index in [1.807, 2.05) is 0 Å². The van der Waals surface area contributed by atoms with Gasteiger partial charge in [0.05, 0.1) is 24.6 Å². The summed E-state index contributed by atoms with van der Waals surface area (Å²) in [6.45, 7) is 4.02. The highest BCUT2D eigenvalue weighted by atomic mass is 35.5. The van der Waals surface area contributed by atoms with Gasteiger partial charge >= 0.3 is 0 Å². The Hall–Kier alpha value is 0.120. The molecule has 0 amide bonds. The van der Waals surface area contributed by atoms with Gasteiger partial charge in [-0.2, -0.15) is 12.2 Å². The second-order valence-corrected chi connectivity index (χ2v) is 7.13. The largest absolute Gasteiger partial charge is 0.348 e. The van der Waals surface area contributed by atoms with E-state index in [2.05, 4.69) is 3.74 Å². The molecule has 16 heavy (non-hydrogen) atoms. The van der Waals surface area contributed by atoms with Crippen LogP contribution in [0, 0.1) is 0 Å². The predicted molar refractivity (Wildman–Crippen MR) is 57.3 cm³/mol. The van der Waals surface area contributed by atoms with Gasteiger partial charge in [-0.05, 0) is 33.1 Å². The lowest BCUT2D eigenvalue weighted by Gasteiger charge is -2.19. The molecule has 5 nitrogen and oxygen atoms in total. The van der Waals surface area contributed by atoms with Crippen molar-refractivity contribution >= 4 is 22.0 Å². The average Bonchev–Trinajstić information content (AvgIpc) is 2.88. The zero-order chi connectivity index (χ0) is 12.0. The Labute approximate surface area is 100 Å². The molecular weight excluding hydrogens is 256 g/mol. The Bertz CT molecular complexity index is 373. The van der Waals surface area contributed by atoms with E-state index in [0.29, 0.717) is 25.9 Å². The first-order valence-electron chi connectivity index (χ1n) is 5.17. The van der Waals surface area contributed by atoms with Gasteiger partial charge in [-0.1, -0.05) is 0 Å². The molecule has 94 valence electrons. The van der Waals surface area contributed by atoms with Crippen molar-refractivity contribution < 1.29 is 21.6 Å². The minimum Gasteiger partial charge on any atom is -0.348 e. The second kappa shape index (κ2) is 3.81. The molecule has 0 bridgehead atoms. The minimum absolute atomic E-state index is 0.209. The number of hydrogen-bond acceptors (Lipinski definition) is 5. The van der Waals surface area contributed by atoms with Gasteiger partial charge in [0.15, 0.2) is 5.79 Å². The maximum atomic E-state index is 11.6. The number of hydrogen-bond donors (Lipinski definition) is 0. The average molecular weight is 271 g/mol. The highest BCUT2D eigenvalue weighted by Gasteiger charge is 2.57. The van der Waals surface area contributed by atoms with Crippen LogP contribution in [0.5, 0.6) is 0 Å². The maximum absolute atomic E-state index is 11.6. The van der Waals surface area contributed by atoms with Crippen LogP contribution in [0.25, 0.3) is 0 Å². The van der Waals surface area contributed by atoms with E-state index in [1.165, 1.54) is 0 Å². The Morgan fingerprint density at radius 2 is 2.06 bits per heavy atom. The fourth-order valence-corrected chi connectivity index (χ4v) is 3.57. The molecule has 2 fully saturated rings. The fourth-order valence-electron chi connectivity index (χ4n) is 2.04. The highest BCUT2D eigenvalue weighted by molar-refractivity contribution is 7.89. The first-order chi connectivity index (χ1) is 7.30. The van der Waals surface area contributed by atoms with Crippen molar-refractivity contribution in [3.05, 3.63) is 0 Å². The molecule has 1 heterocycles. The third-order valence-electron chi connectivity index (χ3n) is 3.09. The predicted octanol–water partition coefficient (Wildman–Crippen LogP) is 1.56. The minimum atomic E-state index is -3.68. The second-order valence-electron chi connectivity index (χ2n) is 4.85. The van der Waals surface area contributed by atoms with Crippen LogP contribution in [-0.2, 0) is 23.3 Å². The Morgan fingerprint density at radius 1 is 1.44 bits per heavy atom. The molecule has 0 unspecified atom stereocenters. The van der Waals surface area contributed by atoms with E-state index in [9.17, 15) is 8.42 Å². The molecule has 7 heteroatoms. The van der Waals surface area contributed by atoms with E-state index in [-0.39, 0.29) is 6.10 Å². The van der Waals surface area contributed by atoms with Gasteiger partial charge in [0.2, 0.25) is 0 Å². The fraction of sp³-hybridized carbons (Fsp3) is 1.00. The molecule has 0 N–H and O–H groups in total. The number of halogens is 1. The summed E-state index contributed by atoms with van der Waals surface area (Å²) < 4.78 is 37.3. The number of ether oxygens (including phenoxy) is 2. The lowest BCUT2D eigenvalue weighted by Crippen LogP contribution is -2.30. The lowest BCUT2D eigenvalue weighted by molar-refractivity contribution is -0.139. The van der Waals surface area contributed by atoms with Gasteiger partial charge in [0.1, 0.15) is 4.75 Å². The molecule has 1 saturated carbocycles.